The van der Waals surface area contributed by atoms with E-state index in [1.165, 1.54) is 4.90 Å². The largest absolute Gasteiger partial charge is 0.427 e. The summed E-state index contributed by atoms with van der Waals surface area (Å²) >= 11 is 4.20. The van der Waals surface area contributed by atoms with Crippen LogP contribution >= 0.6 is 27.3 Å². The fraction of sp³-hybridized carbons (Fsp3) is 0.455. The molecular formula is C11H8BrF2N3O2S. The molecule has 3 rings (SSSR count). The van der Waals surface area contributed by atoms with Crippen LogP contribution in [0.5, 0.6) is 5.75 Å². The number of amides is 1. The number of nitrogens with one attached hydrogen (secondary N) is 1. The molecule has 0 fully saturated rings. The lowest BCUT2D eigenvalue weighted by atomic mass is 10.2. The topological polar surface area (TPSA) is 65.4 Å². The summed E-state index contributed by atoms with van der Waals surface area (Å²) in [5.41, 5.74) is 0.380. The summed E-state index contributed by atoms with van der Waals surface area (Å²) in [6, 6.07) is 1.47. The molecule has 0 spiro atoms. The van der Waals surface area contributed by atoms with E-state index in [-0.39, 0.29) is 24.6 Å². The number of hydrogen-bond donors (Lipinski definition) is 1. The summed E-state index contributed by atoms with van der Waals surface area (Å²) in [6.07, 6.45) is -3.25. The molecule has 0 unspecified atom stereocenters. The number of nitriles is 1. The number of anilines is 1. The van der Waals surface area contributed by atoms with Gasteiger partial charge in [-0.15, -0.1) is 11.3 Å². The molecule has 0 radical (unpaired) electrons. The summed E-state index contributed by atoms with van der Waals surface area (Å²) in [7, 11) is 0. The van der Waals surface area contributed by atoms with Crippen LogP contribution in [0.3, 0.4) is 0 Å². The average molecular weight is 364 g/mol. The van der Waals surface area contributed by atoms with Crippen molar-refractivity contribution in [3.05, 3.63) is 8.66 Å². The van der Waals surface area contributed by atoms with Gasteiger partial charge in [0.15, 0.2) is 5.75 Å². The maximum atomic E-state index is 13.6. The third-order valence-electron chi connectivity index (χ3n) is 3.06. The first-order chi connectivity index (χ1) is 9.41. The molecule has 1 aromatic heterocycles. The van der Waals surface area contributed by atoms with Crippen molar-refractivity contribution in [3.8, 4) is 11.8 Å². The van der Waals surface area contributed by atoms with Gasteiger partial charge in [-0.25, -0.2) is 0 Å². The summed E-state index contributed by atoms with van der Waals surface area (Å²) in [4.78, 5) is 13.8. The molecule has 1 N–H and O–H groups in total. The summed E-state index contributed by atoms with van der Waals surface area (Å²) < 4.78 is 32.3. The van der Waals surface area contributed by atoms with Crippen LogP contribution in [0.1, 0.15) is 16.1 Å². The fourth-order valence-electron chi connectivity index (χ4n) is 2.34. The molecule has 106 valence electrons. The molecule has 2 aliphatic rings. The Balaban J connectivity index is 2.08. The number of thiophene rings is 1. The molecule has 20 heavy (non-hydrogen) atoms. The molecule has 0 saturated carbocycles. The Morgan fingerprint density at radius 2 is 2.40 bits per heavy atom. The minimum Gasteiger partial charge on any atom is -0.427 e. The molecule has 0 aliphatic carbocycles. The SMILES string of the molecule is N#CC[C@H]1CN2CC(F)(F)Oc3c(Br)sc(c32)C(=O)N1. The normalized spacial score (nSPS) is 23.2. The highest BCUT2D eigenvalue weighted by atomic mass is 79.9. The Labute approximate surface area is 125 Å². The Bertz CT molecular complexity index is 628. The highest BCUT2D eigenvalue weighted by Crippen LogP contribution is 2.51. The molecule has 0 saturated heterocycles. The van der Waals surface area contributed by atoms with Gasteiger partial charge in [0.1, 0.15) is 20.9 Å². The maximum absolute atomic E-state index is 13.6. The number of alkyl halides is 2. The lowest BCUT2D eigenvalue weighted by molar-refractivity contribution is -0.172. The van der Waals surface area contributed by atoms with Crippen molar-refractivity contribution in [3.63, 3.8) is 0 Å². The van der Waals surface area contributed by atoms with Crippen LogP contribution in [0.25, 0.3) is 0 Å². The van der Waals surface area contributed by atoms with Gasteiger partial charge in [0.25, 0.3) is 5.91 Å². The van der Waals surface area contributed by atoms with Crippen molar-refractivity contribution >= 4 is 38.9 Å². The average Bonchev–Trinajstić information content (AvgIpc) is 2.59. The van der Waals surface area contributed by atoms with Crippen LogP contribution < -0.4 is 15.0 Å². The molecule has 0 bridgehead atoms. The van der Waals surface area contributed by atoms with Crippen LogP contribution in [0.15, 0.2) is 3.79 Å². The first-order valence-electron chi connectivity index (χ1n) is 5.73. The van der Waals surface area contributed by atoms with Crippen molar-refractivity contribution in [2.75, 3.05) is 18.0 Å². The van der Waals surface area contributed by atoms with Gasteiger partial charge in [-0.2, -0.15) is 14.0 Å². The molecule has 2 aliphatic heterocycles. The van der Waals surface area contributed by atoms with E-state index in [0.717, 1.165) is 11.3 Å². The van der Waals surface area contributed by atoms with E-state index in [4.69, 9.17) is 5.26 Å². The molecule has 3 heterocycles. The first-order valence-corrected chi connectivity index (χ1v) is 7.34. The minimum atomic E-state index is -3.32. The number of ether oxygens (including phenoxy) is 1. The molecule has 9 heteroatoms. The van der Waals surface area contributed by atoms with Crippen LogP contribution in [0.4, 0.5) is 14.5 Å². The quantitative estimate of drug-likeness (QED) is 0.831. The first kappa shape index (κ1) is 13.6. The number of nitrogens with zero attached hydrogens (tertiary/aromatic N) is 2. The summed E-state index contributed by atoms with van der Waals surface area (Å²) in [5.74, 6) is -0.373. The lowest BCUT2D eigenvalue weighted by Crippen LogP contribution is -2.48. The second-order valence-electron chi connectivity index (χ2n) is 4.54. The summed E-state index contributed by atoms with van der Waals surface area (Å²) in [6.45, 7) is -0.478. The zero-order chi connectivity index (χ0) is 14.5. The second-order valence-corrected chi connectivity index (χ2v) is 6.87. The van der Waals surface area contributed by atoms with Gasteiger partial charge in [0.05, 0.1) is 18.5 Å². The standard InChI is InChI=1S/C11H8BrF2N3O2S/c12-9-7-6-8(20-9)10(18)16-5(1-2-15)3-17(6)4-11(13,14)19-7/h5H,1,3-4H2,(H,16,18)/t5-/m0/s1. The van der Waals surface area contributed by atoms with Gasteiger partial charge in [-0.05, 0) is 15.9 Å². The van der Waals surface area contributed by atoms with Gasteiger partial charge in [0.2, 0.25) is 0 Å². The summed E-state index contributed by atoms with van der Waals surface area (Å²) in [5, 5.41) is 11.4. The molecule has 0 aromatic carbocycles. The van der Waals surface area contributed by atoms with Gasteiger partial charge in [0, 0.05) is 6.54 Å². The van der Waals surface area contributed by atoms with E-state index in [0.29, 0.717) is 14.4 Å². The number of hydrogen-bond acceptors (Lipinski definition) is 5. The van der Waals surface area contributed by atoms with Crippen LogP contribution in [-0.2, 0) is 0 Å². The Hall–Kier alpha value is -1.40. The van der Waals surface area contributed by atoms with Crippen molar-refractivity contribution in [2.24, 2.45) is 0 Å². The van der Waals surface area contributed by atoms with Crippen molar-refractivity contribution < 1.29 is 18.3 Å². The van der Waals surface area contributed by atoms with E-state index >= 15 is 0 Å². The predicted octanol–water partition coefficient (Wildman–Crippen LogP) is 2.33. The number of rotatable bonds is 1. The van der Waals surface area contributed by atoms with E-state index in [2.05, 4.69) is 26.0 Å². The van der Waals surface area contributed by atoms with Crippen LogP contribution in [0.2, 0.25) is 0 Å². The Morgan fingerprint density at radius 3 is 3.10 bits per heavy atom. The molecule has 1 aromatic rings. The highest BCUT2D eigenvalue weighted by Gasteiger charge is 2.46. The third kappa shape index (κ3) is 2.13. The molecular weight excluding hydrogens is 356 g/mol. The number of carbonyl (C=O) groups excluding carboxylic acids is 1. The van der Waals surface area contributed by atoms with Gasteiger partial charge >= 0.3 is 6.11 Å². The second kappa shape index (κ2) is 4.56. The van der Waals surface area contributed by atoms with E-state index in [1.54, 1.807) is 0 Å². The van der Waals surface area contributed by atoms with Crippen molar-refractivity contribution in [1.29, 1.82) is 5.26 Å². The number of carbonyl (C=O) groups is 1. The maximum Gasteiger partial charge on any atom is 0.416 e. The highest BCUT2D eigenvalue weighted by molar-refractivity contribution is 9.11. The predicted molar refractivity (Wildman–Crippen MR) is 71.3 cm³/mol. The van der Waals surface area contributed by atoms with E-state index < -0.39 is 18.7 Å². The van der Waals surface area contributed by atoms with Gasteiger partial charge in [-0.3, -0.25) is 4.79 Å². The minimum absolute atomic E-state index is 0.00555. The molecule has 1 atom stereocenters. The molecule has 5 nitrogen and oxygen atoms in total. The van der Waals surface area contributed by atoms with E-state index in [1.807, 2.05) is 6.07 Å². The lowest BCUT2D eigenvalue weighted by Gasteiger charge is -2.34. The van der Waals surface area contributed by atoms with Crippen molar-refractivity contribution in [2.45, 2.75) is 18.6 Å². The third-order valence-corrected chi connectivity index (χ3v) is 4.86. The Morgan fingerprint density at radius 1 is 1.65 bits per heavy atom. The zero-order valence-corrected chi connectivity index (χ0v) is 12.4. The van der Waals surface area contributed by atoms with Crippen LogP contribution in [0, 0.1) is 11.3 Å². The van der Waals surface area contributed by atoms with Gasteiger partial charge < -0.3 is 15.0 Å². The smallest absolute Gasteiger partial charge is 0.416 e. The number of halogens is 3. The Kier molecular flexibility index (Phi) is 3.10. The van der Waals surface area contributed by atoms with Gasteiger partial charge in [-0.1, -0.05) is 0 Å². The van der Waals surface area contributed by atoms with Crippen molar-refractivity contribution in [1.82, 2.24) is 5.32 Å². The zero-order valence-electron chi connectivity index (χ0n) is 9.95. The monoisotopic (exact) mass is 363 g/mol. The fourth-order valence-corrected chi connectivity index (χ4v) is 3.97. The van der Waals surface area contributed by atoms with E-state index in [9.17, 15) is 13.6 Å². The molecule has 1 amide bonds. The van der Waals surface area contributed by atoms with Crippen LogP contribution in [-0.4, -0.2) is 31.1 Å².